The molecule has 2 atom stereocenters. The average molecular weight is 266 g/mol. The first-order chi connectivity index (χ1) is 8.56. The van der Waals surface area contributed by atoms with Crippen molar-refractivity contribution >= 4 is 11.3 Å². The molecule has 0 aliphatic carbocycles. The molecule has 1 aromatic rings. The van der Waals surface area contributed by atoms with Crippen LogP contribution in [0.15, 0.2) is 11.4 Å². The van der Waals surface area contributed by atoms with Gasteiger partial charge in [-0.25, -0.2) is 0 Å². The minimum absolute atomic E-state index is 0.648. The maximum Gasteiger partial charge on any atom is 0.0334 e. The molecule has 1 aliphatic heterocycles. The molecule has 2 rings (SSSR count). The Kier molecular flexibility index (Phi) is 4.82. The first-order valence-corrected chi connectivity index (χ1v) is 7.94. The number of hydrogen-bond donors (Lipinski definition) is 1. The van der Waals surface area contributed by atoms with Crippen LogP contribution in [0.25, 0.3) is 0 Å². The van der Waals surface area contributed by atoms with Gasteiger partial charge in [0.15, 0.2) is 0 Å². The van der Waals surface area contributed by atoms with Crippen LogP contribution in [-0.2, 0) is 6.54 Å². The van der Waals surface area contributed by atoms with Gasteiger partial charge in [0.05, 0.1) is 0 Å². The highest BCUT2D eigenvalue weighted by molar-refractivity contribution is 7.10. The van der Waals surface area contributed by atoms with Gasteiger partial charge in [-0.1, -0.05) is 13.8 Å². The second-order valence-corrected chi connectivity index (χ2v) is 7.04. The van der Waals surface area contributed by atoms with Crippen molar-refractivity contribution in [1.82, 2.24) is 10.2 Å². The van der Waals surface area contributed by atoms with E-state index in [-0.39, 0.29) is 0 Å². The Labute approximate surface area is 115 Å². The van der Waals surface area contributed by atoms with Crippen molar-refractivity contribution in [3.63, 3.8) is 0 Å². The van der Waals surface area contributed by atoms with Crippen LogP contribution in [0, 0.1) is 12.8 Å². The van der Waals surface area contributed by atoms with E-state index in [0.29, 0.717) is 12.1 Å². The SMILES string of the molecule is Cc1ccsc1CN1CC(CC(C)C)NCC1C. The lowest BCUT2D eigenvalue weighted by molar-refractivity contribution is 0.125. The molecule has 1 aliphatic rings. The number of piperazine rings is 1. The standard InChI is InChI=1S/C15H26N2S/c1-11(2)7-14-9-17(13(4)8-16-14)10-15-12(3)5-6-18-15/h5-6,11,13-14,16H,7-10H2,1-4H3. The van der Waals surface area contributed by atoms with E-state index < -0.39 is 0 Å². The van der Waals surface area contributed by atoms with Crippen molar-refractivity contribution in [3.8, 4) is 0 Å². The maximum atomic E-state index is 3.69. The monoisotopic (exact) mass is 266 g/mol. The van der Waals surface area contributed by atoms with E-state index in [4.69, 9.17) is 0 Å². The summed E-state index contributed by atoms with van der Waals surface area (Å²) in [4.78, 5) is 4.18. The van der Waals surface area contributed by atoms with Crippen molar-refractivity contribution in [3.05, 3.63) is 21.9 Å². The summed E-state index contributed by atoms with van der Waals surface area (Å²) in [7, 11) is 0. The number of hydrogen-bond acceptors (Lipinski definition) is 3. The summed E-state index contributed by atoms with van der Waals surface area (Å²) in [6.45, 7) is 12.6. The Morgan fingerprint density at radius 1 is 1.50 bits per heavy atom. The van der Waals surface area contributed by atoms with E-state index in [9.17, 15) is 0 Å². The first-order valence-electron chi connectivity index (χ1n) is 7.06. The summed E-state index contributed by atoms with van der Waals surface area (Å²) in [6, 6.07) is 3.55. The number of nitrogens with zero attached hydrogens (tertiary/aromatic N) is 1. The van der Waals surface area contributed by atoms with Crippen molar-refractivity contribution in [2.24, 2.45) is 5.92 Å². The van der Waals surface area contributed by atoms with E-state index in [1.165, 1.54) is 23.4 Å². The summed E-state index contributed by atoms with van der Waals surface area (Å²) in [6.07, 6.45) is 1.28. The van der Waals surface area contributed by atoms with Crippen LogP contribution >= 0.6 is 11.3 Å². The molecule has 0 amide bonds. The molecule has 0 radical (unpaired) electrons. The number of thiophene rings is 1. The number of aryl methyl sites for hydroxylation is 1. The molecule has 0 bridgehead atoms. The second kappa shape index (κ2) is 6.18. The lowest BCUT2D eigenvalue weighted by Gasteiger charge is -2.39. The summed E-state index contributed by atoms with van der Waals surface area (Å²) < 4.78 is 0. The highest BCUT2D eigenvalue weighted by Gasteiger charge is 2.25. The van der Waals surface area contributed by atoms with Crippen molar-refractivity contribution in [1.29, 1.82) is 0 Å². The third-order valence-corrected chi connectivity index (χ3v) is 4.86. The van der Waals surface area contributed by atoms with Gasteiger partial charge >= 0.3 is 0 Å². The summed E-state index contributed by atoms with van der Waals surface area (Å²) >= 11 is 1.90. The van der Waals surface area contributed by atoms with Gasteiger partial charge in [-0.2, -0.15) is 0 Å². The lowest BCUT2D eigenvalue weighted by Crippen LogP contribution is -2.55. The molecule has 0 saturated carbocycles. The Morgan fingerprint density at radius 3 is 2.89 bits per heavy atom. The predicted octanol–water partition coefficient (Wildman–Crippen LogP) is 3.26. The van der Waals surface area contributed by atoms with E-state index >= 15 is 0 Å². The smallest absolute Gasteiger partial charge is 0.0334 e. The summed E-state index contributed by atoms with van der Waals surface area (Å²) in [5, 5.41) is 5.90. The molecular formula is C15H26N2S. The van der Waals surface area contributed by atoms with Crippen molar-refractivity contribution in [2.75, 3.05) is 13.1 Å². The number of rotatable bonds is 4. The van der Waals surface area contributed by atoms with E-state index in [1.54, 1.807) is 0 Å². The molecule has 2 heterocycles. The molecule has 1 aromatic heterocycles. The van der Waals surface area contributed by atoms with Gasteiger partial charge < -0.3 is 5.32 Å². The topological polar surface area (TPSA) is 15.3 Å². The largest absolute Gasteiger partial charge is 0.311 e. The Bertz CT molecular complexity index is 372. The number of nitrogens with one attached hydrogen (secondary N) is 1. The minimum Gasteiger partial charge on any atom is -0.311 e. The lowest BCUT2D eigenvalue weighted by atomic mass is 10.00. The van der Waals surface area contributed by atoms with E-state index in [0.717, 1.165) is 19.0 Å². The van der Waals surface area contributed by atoms with Crippen LogP contribution in [0.2, 0.25) is 0 Å². The zero-order valence-corrected chi connectivity index (χ0v) is 12.9. The third-order valence-electron chi connectivity index (χ3n) is 3.85. The zero-order chi connectivity index (χ0) is 13.1. The highest BCUT2D eigenvalue weighted by atomic mass is 32.1. The summed E-state index contributed by atoms with van der Waals surface area (Å²) in [5.74, 6) is 0.779. The summed E-state index contributed by atoms with van der Waals surface area (Å²) in [5.41, 5.74) is 1.45. The Morgan fingerprint density at radius 2 is 2.28 bits per heavy atom. The molecule has 0 aromatic carbocycles. The molecule has 1 saturated heterocycles. The predicted molar refractivity (Wildman–Crippen MR) is 80.2 cm³/mol. The van der Waals surface area contributed by atoms with Crippen LogP contribution < -0.4 is 5.32 Å². The normalized spacial score (nSPS) is 25.8. The van der Waals surface area contributed by atoms with Crippen LogP contribution in [0.3, 0.4) is 0 Å². The van der Waals surface area contributed by atoms with Gasteiger partial charge in [-0.15, -0.1) is 11.3 Å². The fourth-order valence-corrected chi connectivity index (χ4v) is 3.62. The van der Waals surface area contributed by atoms with E-state index in [2.05, 4.69) is 49.4 Å². The van der Waals surface area contributed by atoms with Gasteiger partial charge in [0.1, 0.15) is 0 Å². The second-order valence-electron chi connectivity index (χ2n) is 6.04. The van der Waals surface area contributed by atoms with Gasteiger partial charge in [0.25, 0.3) is 0 Å². The average Bonchev–Trinajstić information content (AvgIpc) is 2.69. The molecule has 1 fully saturated rings. The third kappa shape index (κ3) is 3.56. The van der Waals surface area contributed by atoms with Crippen molar-refractivity contribution in [2.45, 2.75) is 52.7 Å². The quantitative estimate of drug-likeness (QED) is 0.900. The molecule has 3 heteroatoms. The van der Waals surface area contributed by atoms with E-state index in [1.807, 2.05) is 11.3 Å². The molecule has 2 unspecified atom stereocenters. The first kappa shape index (κ1) is 14.0. The molecule has 102 valence electrons. The zero-order valence-electron chi connectivity index (χ0n) is 12.1. The molecule has 0 spiro atoms. The fourth-order valence-electron chi connectivity index (χ4n) is 2.69. The van der Waals surface area contributed by atoms with Gasteiger partial charge in [0.2, 0.25) is 0 Å². The van der Waals surface area contributed by atoms with Gasteiger partial charge in [0, 0.05) is 36.6 Å². The Hall–Kier alpha value is -0.380. The maximum absolute atomic E-state index is 3.69. The fraction of sp³-hybridized carbons (Fsp3) is 0.733. The Balaban J connectivity index is 1.95. The highest BCUT2D eigenvalue weighted by Crippen LogP contribution is 2.21. The molecule has 2 nitrogen and oxygen atoms in total. The van der Waals surface area contributed by atoms with Crippen LogP contribution in [0.5, 0.6) is 0 Å². The van der Waals surface area contributed by atoms with Gasteiger partial charge in [-0.05, 0) is 43.2 Å². The molecular weight excluding hydrogens is 240 g/mol. The minimum atomic E-state index is 0.648. The van der Waals surface area contributed by atoms with Crippen molar-refractivity contribution < 1.29 is 0 Å². The van der Waals surface area contributed by atoms with Gasteiger partial charge in [-0.3, -0.25) is 4.90 Å². The van der Waals surface area contributed by atoms with Crippen LogP contribution in [0.4, 0.5) is 0 Å². The van der Waals surface area contributed by atoms with Crippen LogP contribution in [0.1, 0.15) is 37.6 Å². The molecule has 1 N–H and O–H groups in total. The van der Waals surface area contributed by atoms with Crippen LogP contribution in [-0.4, -0.2) is 30.1 Å². The molecule has 18 heavy (non-hydrogen) atoms.